The van der Waals surface area contributed by atoms with Gasteiger partial charge in [0.2, 0.25) is 5.88 Å². The fraction of sp³-hybridized carbons (Fsp3) is 0.0833. The van der Waals surface area contributed by atoms with E-state index in [-0.39, 0.29) is 39.0 Å². The Morgan fingerprint density at radius 1 is 1.42 bits per heavy atom. The van der Waals surface area contributed by atoms with Gasteiger partial charge in [-0.25, -0.2) is 4.98 Å². The number of carbonyl (C=O) groups excluding carboxylic acids is 1. The van der Waals surface area contributed by atoms with Gasteiger partial charge in [-0.3, -0.25) is 9.78 Å². The van der Waals surface area contributed by atoms with Crippen LogP contribution in [0.5, 0.6) is 11.6 Å². The number of ether oxygens (including phenoxy) is 1. The topological polar surface area (TPSA) is 52.1 Å². The van der Waals surface area contributed by atoms with E-state index >= 15 is 0 Å². The number of halogens is 3. The van der Waals surface area contributed by atoms with Gasteiger partial charge in [0.25, 0.3) is 0 Å². The normalized spacial score (nSPS) is 9.58. The van der Waals surface area contributed by atoms with Gasteiger partial charge in [0.15, 0.2) is 5.78 Å². The molecule has 0 aliphatic heterocycles. The quantitative estimate of drug-likeness (QED) is 0.565. The number of Topliss-reactive ketones (excluding diaryl/α,β-unsaturated/α-hetero) is 1. The average molecular weight is 408 g/mol. The standard InChI is InChI=1S/C12H8BrClN2O2.BrH/c13-5-11(17)8-4-10(14)12(16-6-8)18-9-2-1-3-15-7-9;/h1-4,6-7H,5H2;1H. The van der Waals surface area contributed by atoms with Crippen LogP contribution in [-0.4, -0.2) is 21.1 Å². The van der Waals surface area contributed by atoms with E-state index in [0.29, 0.717) is 11.3 Å². The molecule has 0 N–H and O–H groups in total. The second-order valence-corrected chi connectivity index (χ2v) is 4.33. The lowest BCUT2D eigenvalue weighted by molar-refractivity contribution is 0.102. The summed E-state index contributed by atoms with van der Waals surface area (Å²) in [7, 11) is 0. The lowest BCUT2D eigenvalue weighted by Crippen LogP contribution is -2.01. The first kappa shape index (κ1) is 16.1. The first-order valence-corrected chi connectivity index (χ1v) is 6.53. The zero-order valence-electron chi connectivity index (χ0n) is 9.55. The number of rotatable bonds is 4. The van der Waals surface area contributed by atoms with Crippen LogP contribution in [0.25, 0.3) is 0 Å². The number of alkyl halides is 1. The van der Waals surface area contributed by atoms with Gasteiger partial charge in [0.05, 0.1) is 11.5 Å². The Labute approximate surface area is 134 Å². The van der Waals surface area contributed by atoms with Crippen molar-refractivity contribution >= 4 is 50.3 Å². The Hall–Kier alpha value is -0.980. The minimum absolute atomic E-state index is 0. The molecule has 0 aliphatic carbocycles. The maximum absolute atomic E-state index is 11.4. The number of aromatic nitrogens is 2. The van der Waals surface area contributed by atoms with Crippen LogP contribution in [0.15, 0.2) is 36.8 Å². The number of hydrogen-bond acceptors (Lipinski definition) is 4. The first-order chi connectivity index (χ1) is 8.70. The van der Waals surface area contributed by atoms with Crippen molar-refractivity contribution in [2.45, 2.75) is 0 Å². The third kappa shape index (κ3) is 4.26. The summed E-state index contributed by atoms with van der Waals surface area (Å²) in [5.74, 6) is 0.694. The molecule has 0 radical (unpaired) electrons. The molecular weight excluding hydrogens is 399 g/mol. The van der Waals surface area contributed by atoms with Gasteiger partial charge in [-0.1, -0.05) is 27.5 Å². The Balaban J connectivity index is 0.00000180. The van der Waals surface area contributed by atoms with Gasteiger partial charge in [-0.2, -0.15) is 0 Å². The lowest BCUT2D eigenvalue weighted by Gasteiger charge is -2.06. The Bertz CT molecular complexity index is 567. The molecule has 4 nitrogen and oxygen atoms in total. The summed E-state index contributed by atoms with van der Waals surface area (Å²) in [5.41, 5.74) is 0.440. The Morgan fingerprint density at radius 3 is 2.79 bits per heavy atom. The number of nitrogens with zero attached hydrogens (tertiary/aromatic N) is 2. The molecule has 0 atom stereocenters. The minimum Gasteiger partial charge on any atom is -0.436 e. The molecule has 0 aromatic carbocycles. The summed E-state index contributed by atoms with van der Waals surface area (Å²) >= 11 is 9.09. The smallest absolute Gasteiger partial charge is 0.238 e. The van der Waals surface area contributed by atoms with Crippen LogP contribution < -0.4 is 4.74 Å². The van der Waals surface area contributed by atoms with Gasteiger partial charge in [-0.15, -0.1) is 17.0 Å². The van der Waals surface area contributed by atoms with E-state index < -0.39 is 0 Å². The number of ketones is 1. The summed E-state index contributed by atoms with van der Waals surface area (Å²) in [6.07, 6.45) is 4.62. The van der Waals surface area contributed by atoms with E-state index in [1.54, 1.807) is 24.5 Å². The third-order valence-electron chi connectivity index (χ3n) is 2.10. The molecule has 0 unspecified atom stereocenters. The summed E-state index contributed by atoms with van der Waals surface area (Å²) in [5, 5.41) is 0.513. The van der Waals surface area contributed by atoms with Crippen molar-refractivity contribution in [2.75, 3.05) is 5.33 Å². The Kier molecular flexibility index (Phi) is 6.41. The number of hydrogen-bond donors (Lipinski definition) is 0. The molecule has 0 spiro atoms. The van der Waals surface area contributed by atoms with Crippen LogP contribution in [0, 0.1) is 0 Å². The van der Waals surface area contributed by atoms with Crippen molar-refractivity contribution < 1.29 is 9.53 Å². The molecule has 0 aliphatic rings. The summed E-state index contributed by atoms with van der Waals surface area (Å²) in [6, 6.07) is 5.01. The molecule has 0 saturated heterocycles. The van der Waals surface area contributed by atoms with Gasteiger partial charge in [0.1, 0.15) is 10.8 Å². The SMILES string of the molecule is Br.O=C(CBr)c1cnc(Oc2cccnc2)c(Cl)c1. The van der Waals surface area contributed by atoms with E-state index in [2.05, 4.69) is 25.9 Å². The Morgan fingerprint density at radius 2 is 2.21 bits per heavy atom. The van der Waals surface area contributed by atoms with Gasteiger partial charge in [0, 0.05) is 18.0 Å². The van der Waals surface area contributed by atoms with Gasteiger partial charge in [-0.05, 0) is 18.2 Å². The van der Waals surface area contributed by atoms with Crippen LogP contribution in [-0.2, 0) is 0 Å². The molecule has 0 amide bonds. The molecule has 2 rings (SSSR count). The zero-order chi connectivity index (χ0) is 13.0. The highest BCUT2D eigenvalue weighted by Crippen LogP contribution is 2.27. The van der Waals surface area contributed by atoms with Crippen LogP contribution in [0.1, 0.15) is 10.4 Å². The first-order valence-electron chi connectivity index (χ1n) is 5.03. The van der Waals surface area contributed by atoms with Gasteiger partial charge < -0.3 is 4.74 Å². The van der Waals surface area contributed by atoms with Crippen LogP contribution in [0.2, 0.25) is 5.02 Å². The number of pyridine rings is 2. The maximum Gasteiger partial charge on any atom is 0.238 e. The minimum atomic E-state index is -0.0858. The van der Waals surface area contributed by atoms with Crippen LogP contribution in [0.4, 0.5) is 0 Å². The molecule has 0 bridgehead atoms. The van der Waals surface area contributed by atoms with E-state index in [9.17, 15) is 4.79 Å². The predicted molar refractivity (Wildman–Crippen MR) is 82.0 cm³/mol. The highest BCUT2D eigenvalue weighted by Gasteiger charge is 2.10. The molecular formula is C12H9Br2ClN2O2. The molecule has 2 heterocycles. The molecule has 100 valence electrons. The van der Waals surface area contributed by atoms with E-state index in [1.165, 1.54) is 12.3 Å². The second kappa shape index (κ2) is 7.57. The van der Waals surface area contributed by atoms with E-state index in [0.717, 1.165) is 0 Å². The largest absolute Gasteiger partial charge is 0.436 e. The average Bonchev–Trinajstić information content (AvgIpc) is 2.41. The van der Waals surface area contributed by atoms with Crippen molar-refractivity contribution in [3.8, 4) is 11.6 Å². The van der Waals surface area contributed by atoms with Crippen LogP contribution >= 0.6 is 44.5 Å². The zero-order valence-corrected chi connectivity index (χ0v) is 13.6. The monoisotopic (exact) mass is 406 g/mol. The molecule has 2 aromatic heterocycles. The molecule has 2 aromatic rings. The maximum atomic E-state index is 11.4. The molecule has 7 heteroatoms. The highest BCUT2D eigenvalue weighted by atomic mass is 79.9. The highest BCUT2D eigenvalue weighted by molar-refractivity contribution is 9.09. The van der Waals surface area contributed by atoms with Crippen molar-refractivity contribution in [1.29, 1.82) is 0 Å². The predicted octanol–water partition coefficient (Wildman–Crippen LogP) is 4.08. The summed E-state index contributed by atoms with van der Waals surface area (Å²) in [6.45, 7) is 0. The number of carbonyl (C=O) groups is 1. The van der Waals surface area contributed by atoms with Crippen molar-refractivity contribution in [3.05, 3.63) is 47.4 Å². The summed E-state index contributed by atoms with van der Waals surface area (Å²) < 4.78 is 5.45. The lowest BCUT2D eigenvalue weighted by atomic mass is 10.2. The van der Waals surface area contributed by atoms with E-state index in [4.69, 9.17) is 16.3 Å². The van der Waals surface area contributed by atoms with Crippen molar-refractivity contribution in [2.24, 2.45) is 0 Å². The second-order valence-electron chi connectivity index (χ2n) is 3.36. The fourth-order valence-corrected chi connectivity index (χ4v) is 1.78. The van der Waals surface area contributed by atoms with Crippen LogP contribution in [0.3, 0.4) is 0 Å². The summed E-state index contributed by atoms with van der Waals surface area (Å²) in [4.78, 5) is 19.4. The third-order valence-corrected chi connectivity index (χ3v) is 2.88. The fourth-order valence-electron chi connectivity index (χ4n) is 1.25. The van der Waals surface area contributed by atoms with E-state index in [1.807, 2.05) is 0 Å². The van der Waals surface area contributed by atoms with Gasteiger partial charge >= 0.3 is 0 Å². The van der Waals surface area contributed by atoms with Crippen molar-refractivity contribution in [1.82, 2.24) is 9.97 Å². The van der Waals surface area contributed by atoms with Crippen molar-refractivity contribution in [3.63, 3.8) is 0 Å². The molecule has 0 fully saturated rings. The molecule has 19 heavy (non-hydrogen) atoms. The molecule has 0 saturated carbocycles.